The molecule has 0 aromatic rings. The quantitative estimate of drug-likeness (QED) is 0.351. The summed E-state index contributed by atoms with van der Waals surface area (Å²) in [5.41, 5.74) is 1.54. The van der Waals surface area contributed by atoms with Crippen molar-refractivity contribution in [2.75, 3.05) is 14.2 Å². The summed E-state index contributed by atoms with van der Waals surface area (Å²) in [6.45, 7) is 4.59. The summed E-state index contributed by atoms with van der Waals surface area (Å²) >= 11 is 0. The molecule has 1 aliphatic rings. The molecule has 0 amide bonds. The molecule has 0 aromatic carbocycles. The second-order valence-electron chi connectivity index (χ2n) is 6.09. The smallest absolute Gasteiger partial charge is 0.167 e. The van der Waals surface area contributed by atoms with E-state index in [2.05, 4.69) is 13.8 Å². The number of ether oxygens (including phenoxy) is 2. The van der Waals surface area contributed by atoms with Crippen molar-refractivity contribution < 1.29 is 9.47 Å². The first-order valence-electron chi connectivity index (χ1n) is 8.35. The third kappa shape index (κ3) is 4.41. The number of hydrogen-bond donors (Lipinski definition) is 0. The minimum atomic E-state index is -0.167. The first-order valence-corrected chi connectivity index (χ1v) is 12.0. The van der Waals surface area contributed by atoms with Gasteiger partial charge in [0.2, 0.25) is 0 Å². The summed E-state index contributed by atoms with van der Waals surface area (Å²) in [7, 11) is 3.70. The summed E-state index contributed by atoms with van der Waals surface area (Å²) in [4.78, 5) is 0. The van der Waals surface area contributed by atoms with Gasteiger partial charge in [-0.1, -0.05) is 51.6 Å². The minimum absolute atomic E-state index is 0.0374. The molecule has 2 unspecified atom stereocenters. The fourth-order valence-electron chi connectivity index (χ4n) is 3.86. The molecule has 1 fully saturated rings. The Balaban J connectivity index is 2.57. The van der Waals surface area contributed by atoms with Crippen LogP contribution in [0.1, 0.15) is 52.4 Å². The Morgan fingerprint density at radius 3 is 1.63 bits per heavy atom. The summed E-state index contributed by atoms with van der Waals surface area (Å²) in [5.74, 6) is -0.167. The zero-order valence-electron chi connectivity index (χ0n) is 13.5. The molecule has 1 saturated carbocycles. The van der Waals surface area contributed by atoms with E-state index in [9.17, 15) is 0 Å². The normalized spacial score (nSPS) is 27.2. The van der Waals surface area contributed by atoms with Crippen molar-refractivity contribution in [1.29, 1.82) is 0 Å². The Hall–Kier alpha value is 0.354. The molecule has 0 aromatic heterocycles. The Kier molecular flexibility index (Phi) is 8.54. The highest BCUT2D eigenvalue weighted by atomic mass is 28.2. The van der Waals surface area contributed by atoms with Crippen LogP contribution >= 0.6 is 0 Å². The van der Waals surface area contributed by atoms with Crippen LogP contribution in [0.15, 0.2) is 0 Å². The molecule has 0 aliphatic heterocycles. The van der Waals surface area contributed by atoms with Crippen molar-refractivity contribution in [3.8, 4) is 0 Å². The number of hydrogen-bond acceptors (Lipinski definition) is 2. The van der Waals surface area contributed by atoms with Gasteiger partial charge in [-0.25, -0.2) is 0 Å². The standard InChI is InChI=1S/C15H34O2Si2/c1-5-7-11-18-13-9-10-14(19-12-8-6-2)15(13,16-3)17-4/h13-14H,5-12,18-19H2,1-4H3. The van der Waals surface area contributed by atoms with Crippen LogP contribution in [0.5, 0.6) is 0 Å². The van der Waals surface area contributed by atoms with E-state index in [0.29, 0.717) is 0 Å². The predicted molar refractivity (Wildman–Crippen MR) is 90.0 cm³/mol. The van der Waals surface area contributed by atoms with Crippen LogP contribution in [-0.2, 0) is 9.47 Å². The first-order chi connectivity index (χ1) is 9.25. The molecule has 0 radical (unpaired) electrons. The number of methoxy groups -OCH3 is 2. The maximum atomic E-state index is 5.98. The average Bonchev–Trinajstić information content (AvgIpc) is 2.78. The van der Waals surface area contributed by atoms with Crippen LogP contribution in [0, 0.1) is 0 Å². The fraction of sp³-hybridized carbons (Fsp3) is 1.00. The highest BCUT2D eigenvalue weighted by molar-refractivity contribution is 6.41. The molecule has 0 spiro atoms. The Morgan fingerprint density at radius 2 is 1.32 bits per heavy atom. The molecule has 0 heterocycles. The molecule has 4 heteroatoms. The van der Waals surface area contributed by atoms with Crippen LogP contribution in [0.3, 0.4) is 0 Å². The molecular weight excluding hydrogens is 268 g/mol. The van der Waals surface area contributed by atoms with Crippen LogP contribution in [-0.4, -0.2) is 39.0 Å². The minimum Gasteiger partial charge on any atom is -0.353 e. The van der Waals surface area contributed by atoms with Crippen LogP contribution < -0.4 is 0 Å². The molecule has 19 heavy (non-hydrogen) atoms. The summed E-state index contributed by atoms with van der Waals surface area (Å²) in [6, 6.07) is 2.94. The van der Waals surface area contributed by atoms with Crippen molar-refractivity contribution in [1.82, 2.24) is 0 Å². The van der Waals surface area contributed by atoms with Crippen LogP contribution in [0.25, 0.3) is 0 Å². The van der Waals surface area contributed by atoms with Crippen molar-refractivity contribution in [2.45, 2.75) is 81.3 Å². The second-order valence-corrected chi connectivity index (χ2v) is 10.6. The number of unbranched alkanes of at least 4 members (excludes halogenated alkanes) is 2. The lowest BCUT2D eigenvalue weighted by Gasteiger charge is -2.38. The SMILES string of the molecule is CCCC[SiH2]C1CCC([SiH2]CCCC)C1(OC)OC. The van der Waals surface area contributed by atoms with E-state index < -0.39 is 0 Å². The van der Waals surface area contributed by atoms with Gasteiger partial charge < -0.3 is 9.47 Å². The van der Waals surface area contributed by atoms with Gasteiger partial charge >= 0.3 is 0 Å². The molecule has 2 atom stereocenters. The lowest BCUT2D eigenvalue weighted by molar-refractivity contribution is -0.199. The molecular formula is C15H34O2Si2. The molecule has 2 nitrogen and oxygen atoms in total. The van der Waals surface area contributed by atoms with E-state index in [0.717, 1.165) is 11.1 Å². The molecule has 0 bridgehead atoms. The zero-order valence-corrected chi connectivity index (χ0v) is 16.4. The summed E-state index contributed by atoms with van der Waals surface area (Å²) in [5, 5.41) is 0. The second kappa shape index (κ2) is 9.32. The van der Waals surface area contributed by atoms with Gasteiger partial charge in [-0.3, -0.25) is 0 Å². The van der Waals surface area contributed by atoms with E-state index in [-0.39, 0.29) is 24.8 Å². The van der Waals surface area contributed by atoms with Gasteiger partial charge in [0.05, 0.1) is 0 Å². The van der Waals surface area contributed by atoms with Gasteiger partial charge in [0, 0.05) is 44.3 Å². The van der Waals surface area contributed by atoms with Gasteiger partial charge in [-0.05, 0) is 12.8 Å². The molecule has 0 saturated heterocycles. The van der Waals surface area contributed by atoms with Gasteiger partial charge in [-0.15, -0.1) is 0 Å². The Bertz CT molecular complexity index is 212. The van der Waals surface area contributed by atoms with E-state index in [1.807, 2.05) is 14.2 Å². The first kappa shape index (κ1) is 17.4. The predicted octanol–water partition coefficient (Wildman–Crippen LogP) is 3.12. The Morgan fingerprint density at radius 1 is 0.895 bits per heavy atom. The molecule has 1 aliphatic carbocycles. The van der Waals surface area contributed by atoms with Gasteiger partial charge in [0.1, 0.15) is 0 Å². The Labute approximate surface area is 124 Å². The lowest BCUT2D eigenvalue weighted by Crippen LogP contribution is -2.42. The summed E-state index contributed by atoms with van der Waals surface area (Å²) < 4.78 is 12.0. The number of rotatable bonds is 10. The maximum Gasteiger partial charge on any atom is 0.167 e. The molecule has 0 N–H and O–H groups in total. The topological polar surface area (TPSA) is 18.5 Å². The van der Waals surface area contributed by atoms with E-state index >= 15 is 0 Å². The fourth-order valence-corrected chi connectivity index (χ4v) is 9.94. The van der Waals surface area contributed by atoms with Crippen LogP contribution in [0.2, 0.25) is 23.2 Å². The van der Waals surface area contributed by atoms with Crippen molar-refractivity contribution in [3.05, 3.63) is 0 Å². The van der Waals surface area contributed by atoms with Crippen molar-refractivity contribution in [2.24, 2.45) is 0 Å². The maximum absolute atomic E-state index is 5.98. The monoisotopic (exact) mass is 302 g/mol. The average molecular weight is 303 g/mol. The van der Waals surface area contributed by atoms with Gasteiger partial charge in [0.15, 0.2) is 5.79 Å². The van der Waals surface area contributed by atoms with E-state index in [1.165, 1.54) is 50.6 Å². The zero-order chi connectivity index (χ0) is 14.1. The van der Waals surface area contributed by atoms with E-state index in [1.54, 1.807) is 0 Å². The van der Waals surface area contributed by atoms with Crippen molar-refractivity contribution in [3.63, 3.8) is 0 Å². The highest BCUT2D eigenvalue weighted by Crippen LogP contribution is 2.51. The molecule has 114 valence electrons. The lowest BCUT2D eigenvalue weighted by atomic mass is 10.2. The van der Waals surface area contributed by atoms with Gasteiger partial charge in [0.25, 0.3) is 0 Å². The van der Waals surface area contributed by atoms with E-state index in [4.69, 9.17) is 9.47 Å². The summed E-state index contributed by atoms with van der Waals surface area (Å²) in [6.07, 6.45) is 8.24. The van der Waals surface area contributed by atoms with Gasteiger partial charge in [-0.2, -0.15) is 0 Å². The third-order valence-electron chi connectivity index (χ3n) is 4.95. The van der Waals surface area contributed by atoms with Crippen molar-refractivity contribution >= 4 is 19.0 Å². The van der Waals surface area contributed by atoms with Crippen LogP contribution in [0.4, 0.5) is 0 Å². The molecule has 1 rings (SSSR count). The largest absolute Gasteiger partial charge is 0.353 e. The highest BCUT2D eigenvalue weighted by Gasteiger charge is 2.50. The third-order valence-corrected chi connectivity index (χ3v) is 10.1.